The fraction of sp³-hybridized carbons (Fsp3) is 0.214. The quantitative estimate of drug-likeness (QED) is 0.871. The summed E-state index contributed by atoms with van der Waals surface area (Å²) in [6.45, 7) is 0.520. The number of amides is 2. The molecule has 2 rings (SSSR count). The summed E-state index contributed by atoms with van der Waals surface area (Å²) in [4.78, 5) is 19.8. The van der Waals surface area contributed by atoms with E-state index in [4.69, 9.17) is 4.74 Å². The van der Waals surface area contributed by atoms with Gasteiger partial charge in [-0.05, 0) is 18.2 Å². The van der Waals surface area contributed by atoms with Crippen LogP contribution in [0, 0.1) is 0 Å². The van der Waals surface area contributed by atoms with Crippen LogP contribution in [-0.2, 0) is 6.42 Å². The number of aromatic nitrogens is 2. The molecule has 0 aliphatic heterocycles. The number of urea groups is 1. The lowest BCUT2D eigenvalue weighted by Crippen LogP contribution is -2.30. The maximum absolute atomic E-state index is 11.7. The summed E-state index contributed by atoms with van der Waals surface area (Å²) >= 11 is 0. The Morgan fingerprint density at radius 2 is 2.15 bits per heavy atom. The number of carbonyl (C=O) groups excluding carboxylic acids is 1. The van der Waals surface area contributed by atoms with Crippen molar-refractivity contribution in [3.8, 4) is 5.88 Å². The van der Waals surface area contributed by atoms with Gasteiger partial charge >= 0.3 is 6.03 Å². The molecule has 0 spiro atoms. The highest BCUT2D eigenvalue weighted by Crippen LogP contribution is 2.10. The third-order valence-corrected chi connectivity index (χ3v) is 2.60. The van der Waals surface area contributed by atoms with E-state index in [1.165, 1.54) is 6.20 Å². The SMILES string of the molecule is COc1ccc(NC(=O)NCCc2ccccn2)cn1. The molecule has 2 N–H and O–H groups in total. The molecule has 0 bridgehead atoms. The van der Waals surface area contributed by atoms with E-state index in [1.807, 2.05) is 18.2 Å². The summed E-state index contributed by atoms with van der Waals surface area (Å²) in [6, 6.07) is 8.85. The van der Waals surface area contributed by atoms with Gasteiger partial charge in [0.1, 0.15) is 0 Å². The molecule has 6 heteroatoms. The normalized spacial score (nSPS) is 9.85. The van der Waals surface area contributed by atoms with E-state index < -0.39 is 0 Å². The van der Waals surface area contributed by atoms with Crippen LogP contribution in [-0.4, -0.2) is 29.7 Å². The molecule has 0 saturated heterocycles. The molecule has 0 aliphatic carbocycles. The second-order valence-electron chi connectivity index (χ2n) is 4.04. The molecule has 2 aromatic heterocycles. The highest BCUT2D eigenvalue weighted by Gasteiger charge is 2.02. The minimum absolute atomic E-state index is 0.270. The molecule has 0 radical (unpaired) electrons. The Balaban J connectivity index is 1.74. The minimum Gasteiger partial charge on any atom is -0.481 e. The van der Waals surface area contributed by atoms with Crippen molar-refractivity contribution in [1.29, 1.82) is 0 Å². The molecular formula is C14H16N4O2. The number of hydrogen-bond acceptors (Lipinski definition) is 4. The van der Waals surface area contributed by atoms with E-state index >= 15 is 0 Å². The Morgan fingerprint density at radius 1 is 1.25 bits per heavy atom. The number of rotatable bonds is 5. The van der Waals surface area contributed by atoms with E-state index in [2.05, 4.69) is 20.6 Å². The van der Waals surface area contributed by atoms with Crippen LogP contribution in [0.15, 0.2) is 42.7 Å². The van der Waals surface area contributed by atoms with Gasteiger partial charge in [0.05, 0.1) is 19.0 Å². The maximum Gasteiger partial charge on any atom is 0.319 e. The van der Waals surface area contributed by atoms with E-state index in [9.17, 15) is 4.79 Å². The topological polar surface area (TPSA) is 76.1 Å². The molecule has 20 heavy (non-hydrogen) atoms. The van der Waals surface area contributed by atoms with Crippen LogP contribution in [0.2, 0.25) is 0 Å². The number of ether oxygens (including phenoxy) is 1. The molecule has 104 valence electrons. The first-order chi connectivity index (χ1) is 9.78. The Hall–Kier alpha value is -2.63. The van der Waals surface area contributed by atoms with Gasteiger partial charge in [-0.15, -0.1) is 0 Å². The van der Waals surface area contributed by atoms with E-state index in [0.29, 0.717) is 24.5 Å². The molecule has 6 nitrogen and oxygen atoms in total. The standard InChI is InChI=1S/C14H16N4O2/c1-20-13-6-5-12(10-17-13)18-14(19)16-9-7-11-4-2-3-8-15-11/h2-6,8,10H,7,9H2,1H3,(H2,16,18,19). The zero-order valence-electron chi connectivity index (χ0n) is 11.2. The zero-order chi connectivity index (χ0) is 14.2. The van der Waals surface area contributed by atoms with Gasteiger partial charge < -0.3 is 15.4 Å². The van der Waals surface area contributed by atoms with Gasteiger partial charge in [0.2, 0.25) is 5.88 Å². The van der Waals surface area contributed by atoms with Crippen LogP contribution in [0.3, 0.4) is 0 Å². The van der Waals surface area contributed by atoms with Crippen molar-refractivity contribution in [3.63, 3.8) is 0 Å². The van der Waals surface area contributed by atoms with Crippen molar-refractivity contribution in [2.45, 2.75) is 6.42 Å². The van der Waals surface area contributed by atoms with E-state index in [1.54, 1.807) is 25.4 Å². The number of anilines is 1. The largest absolute Gasteiger partial charge is 0.481 e. The predicted octanol–water partition coefficient (Wildman–Crippen LogP) is 1.85. The Bertz CT molecular complexity index is 543. The van der Waals surface area contributed by atoms with Crippen LogP contribution in [0.5, 0.6) is 5.88 Å². The minimum atomic E-state index is -0.270. The van der Waals surface area contributed by atoms with Crippen LogP contribution in [0.1, 0.15) is 5.69 Å². The van der Waals surface area contributed by atoms with Crippen molar-refractivity contribution in [2.75, 3.05) is 19.0 Å². The monoisotopic (exact) mass is 272 g/mol. The number of nitrogens with one attached hydrogen (secondary N) is 2. The van der Waals surface area contributed by atoms with Crippen molar-refractivity contribution in [3.05, 3.63) is 48.4 Å². The van der Waals surface area contributed by atoms with Gasteiger partial charge in [-0.3, -0.25) is 4.98 Å². The van der Waals surface area contributed by atoms with Gasteiger partial charge in [-0.1, -0.05) is 6.07 Å². The van der Waals surface area contributed by atoms with Crippen molar-refractivity contribution >= 4 is 11.7 Å². The fourth-order valence-electron chi connectivity index (χ4n) is 1.60. The first-order valence-corrected chi connectivity index (χ1v) is 6.23. The summed E-state index contributed by atoms with van der Waals surface area (Å²) in [5, 5.41) is 5.45. The molecule has 2 heterocycles. The number of pyridine rings is 2. The molecule has 2 amide bonds. The number of nitrogens with zero attached hydrogens (tertiary/aromatic N) is 2. The van der Waals surface area contributed by atoms with Crippen LogP contribution in [0.4, 0.5) is 10.5 Å². The lowest BCUT2D eigenvalue weighted by molar-refractivity contribution is 0.252. The second-order valence-corrected chi connectivity index (χ2v) is 4.04. The smallest absolute Gasteiger partial charge is 0.319 e. The average molecular weight is 272 g/mol. The Morgan fingerprint density at radius 3 is 2.80 bits per heavy atom. The van der Waals surface area contributed by atoms with Gasteiger partial charge in [0.15, 0.2) is 0 Å². The molecule has 2 aromatic rings. The van der Waals surface area contributed by atoms with Crippen molar-refractivity contribution in [1.82, 2.24) is 15.3 Å². The number of methoxy groups -OCH3 is 1. The molecule has 0 saturated carbocycles. The summed E-state index contributed by atoms with van der Waals surface area (Å²) in [6.07, 6.45) is 3.96. The van der Waals surface area contributed by atoms with Crippen LogP contribution in [0.25, 0.3) is 0 Å². The van der Waals surface area contributed by atoms with Crippen LogP contribution < -0.4 is 15.4 Å². The summed E-state index contributed by atoms with van der Waals surface area (Å²) in [7, 11) is 1.54. The zero-order valence-corrected chi connectivity index (χ0v) is 11.2. The van der Waals surface area contributed by atoms with Gasteiger partial charge in [-0.2, -0.15) is 0 Å². The highest BCUT2D eigenvalue weighted by atomic mass is 16.5. The van der Waals surface area contributed by atoms with E-state index in [0.717, 1.165) is 5.69 Å². The molecule has 0 aliphatic rings. The summed E-state index contributed by atoms with van der Waals surface area (Å²) < 4.78 is 4.94. The Kier molecular flexibility index (Phi) is 4.88. The highest BCUT2D eigenvalue weighted by molar-refractivity contribution is 5.88. The molecule has 0 fully saturated rings. The Labute approximate surface area is 117 Å². The molecule has 0 atom stereocenters. The average Bonchev–Trinajstić information content (AvgIpc) is 2.49. The molecular weight excluding hydrogens is 256 g/mol. The van der Waals surface area contributed by atoms with Gasteiger partial charge in [-0.25, -0.2) is 9.78 Å². The fourth-order valence-corrected chi connectivity index (χ4v) is 1.60. The first kappa shape index (κ1) is 13.8. The molecule has 0 aromatic carbocycles. The molecule has 0 unspecified atom stereocenters. The van der Waals surface area contributed by atoms with E-state index in [-0.39, 0.29) is 6.03 Å². The number of carbonyl (C=O) groups is 1. The number of hydrogen-bond donors (Lipinski definition) is 2. The van der Waals surface area contributed by atoms with Gasteiger partial charge in [0.25, 0.3) is 0 Å². The first-order valence-electron chi connectivity index (χ1n) is 6.23. The predicted molar refractivity (Wildman–Crippen MR) is 75.8 cm³/mol. The third-order valence-electron chi connectivity index (χ3n) is 2.60. The van der Waals surface area contributed by atoms with Crippen molar-refractivity contribution in [2.24, 2.45) is 0 Å². The second kappa shape index (κ2) is 7.08. The summed E-state index contributed by atoms with van der Waals surface area (Å²) in [5.74, 6) is 0.506. The van der Waals surface area contributed by atoms with Crippen molar-refractivity contribution < 1.29 is 9.53 Å². The lowest BCUT2D eigenvalue weighted by atomic mass is 10.3. The lowest BCUT2D eigenvalue weighted by Gasteiger charge is -2.07. The van der Waals surface area contributed by atoms with Crippen LogP contribution >= 0.6 is 0 Å². The van der Waals surface area contributed by atoms with Gasteiger partial charge in [0, 0.05) is 30.9 Å². The maximum atomic E-state index is 11.7. The summed E-state index contributed by atoms with van der Waals surface area (Å²) in [5.41, 5.74) is 1.56. The third kappa shape index (κ3) is 4.24.